The number of H-pyrrole nitrogens is 2. The van der Waals surface area contributed by atoms with Crippen LogP contribution in [0, 0.1) is 0 Å². The van der Waals surface area contributed by atoms with Gasteiger partial charge in [-0.25, -0.2) is 0 Å². The molecule has 3 nitrogen and oxygen atoms in total. The number of thiazole rings is 1. The van der Waals surface area contributed by atoms with Gasteiger partial charge in [-0.3, -0.25) is 4.98 Å². The maximum Gasteiger partial charge on any atom is 0.0791 e. The topological polar surface area (TPSA) is 44.5 Å². The van der Waals surface area contributed by atoms with Gasteiger partial charge in [0.15, 0.2) is 0 Å². The molecule has 0 saturated carbocycles. The molecule has 0 aliphatic rings. The number of rotatable bonds is 0. The first-order valence-electron chi connectivity index (χ1n) is 4.48. The summed E-state index contributed by atoms with van der Waals surface area (Å²) in [6, 6.07) is 7.78. The highest BCUT2D eigenvalue weighted by atomic mass is 32.1. The maximum absolute atomic E-state index is 3.74. The van der Waals surface area contributed by atoms with E-state index in [2.05, 4.69) is 15.0 Å². The van der Waals surface area contributed by atoms with Gasteiger partial charge in [0.05, 0.1) is 5.51 Å². The van der Waals surface area contributed by atoms with Crippen molar-refractivity contribution < 1.29 is 0 Å². The van der Waals surface area contributed by atoms with E-state index in [9.17, 15) is 0 Å². The van der Waals surface area contributed by atoms with Crippen LogP contribution in [-0.2, 0) is 0 Å². The fraction of sp³-hybridized carbons (Fsp3) is 0. The third-order valence-electron chi connectivity index (χ3n) is 1.34. The van der Waals surface area contributed by atoms with Crippen molar-refractivity contribution >= 4 is 11.3 Å². The first-order chi connectivity index (χ1) is 7.50. The average Bonchev–Trinajstić information content (AvgIpc) is 3.09. The summed E-state index contributed by atoms with van der Waals surface area (Å²) in [5.41, 5.74) is 1.79. The molecule has 0 bridgehead atoms. The molecule has 15 heavy (non-hydrogen) atoms. The minimum absolute atomic E-state index is 1.60. The van der Waals surface area contributed by atoms with E-state index in [0.717, 1.165) is 0 Å². The van der Waals surface area contributed by atoms with Gasteiger partial charge in [-0.15, -0.1) is 11.3 Å². The molecule has 3 aromatic rings. The highest BCUT2D eigenvalue weighted by molar-refractivity contribution is 7.07. The van der Waals surface area contributed by atoms with Gasteiger partial charge in [0.1, 0.15) is 0 Å². The van der Waals surface area contributed by atoms with Crippen molar-refractivity contribution in [1.29, 1.82) is 0 Å². The monoisotopic (exact) mass is 219 g/mol. The number of hydrogen-bond acceptors (Lipinski definition) is 2. The Hall–Kier alpha value is -1.81. The van der Waals surface area contributed by atoms with Crippen LogP contribution in [0.25, 0.3) is 0 Å². The molecule has 0 atom stereocenters. The second kappa shape index (κ2) is 8.77. The van der Waals surface area contributed by atoms with Crippen molar-refractivity contribution in [3.05, 3.63) is 66.1 Å². The Morgan fingerprint density at radius 3 is 1.47 bits per heavy atom. The van der Waals surface area contributed by atoms with Gasteiger partial charge in [0.2, 0.25) is 0 Å². The van der Waals surface area contributed by atoms with E-state index in [1.54, 1.807) is 23.0 Å². The van der Waals surface area contributed by atoms with Crippen molar-refractivity contribution in [2.45, 2.75) is 0 Å². The zero-order chi connectivity index (χ0) is 10.6. The fourth-order valence-electron chi connectivity index (χ4n) is 0.731. The Balaban J connectivity index is 0.000000112. The van der Waals surface area contributed by atoms with Crippen LogP contribution in [0.2, 0.25) is 0 Å². The van der Waals surface area contributed by atoms with Crippen LogP contribution < -0.4 is 0 Å². The minimum atomic E-state index is 1.60. The number of aromatic nitrogens is 3. The normalized spacial score (nSPS) is 8.00. The molecule has 2 N–H and O–H groups in total. The molecule has 0 aliphatic heterocycles. The van der Waals surface area contributed by atoms with Gasteiger partial charge in [-0.1, -0.05) is 0 Å². The quantitative estimate of drug-likeness (QED) is 0.599. The molecule has 0 radical (unpaired) electrons. The van der Waals surface area contributed by atoms with E-state index in [-0.39, 0.29) is 0 Å². The molecule has 3 rings (SSSR count). The summed E-state index contributed by atoms with van der Waals surface area (Å²) in [5.74, 6) is 0. The molecule has 0 unspecified atom stereocenters. The number of nitrogens with one attached hydrogen (secondary N) is 2. The van der Waals surface area contributed by atoms with Crippen molar-refractivity contribution in [2.24, 2.45) is 0 Å². The molecule has 78 valence electrons. The Morgan fingerprint density at radius 2 is 1.33 bits per heavy atom. The fourth-order valence-corrected chi connectivity index (χ4v) is 1.08. The van der Waals surface area contributed by atoms with E-state index in [1.807, 2.05) is 54.4 Å². The summed E-state index contributed by atoms with van der Waals surface area (Å²) < 4.78 is 0. The molecule has 3 heterocycles. The van der Waals surface area contributed by atoms with Gasteiger partial charge in [0.25, 0.3) is 0 Å². The van der Waals surface area contributed by atoms with E-state index in [4.69, 9.17) is 0 Å². The molecule has 0 fully saturated rings. The standard InChI is InChI=1S/2C4H5N.C3H3NS/c2*1-2-4-5-3-1;1-2-5-3-4-1/h2*1-5H;1-3H. The van der Waals surface area contributed by atoms with Gasteiger partial charge < -0.3 is 9.97 Å². The van der Waals surface area contributed by atoms with Gasteiger partial charge in [0, 0.05) is 36.4 Å². The smallest absolute Gasteiger partial charge is 0.0791 e. The largest absolute Gasteiger partial charge is 0.368 e. The van der Waals surface area contributed by atoms with Crippen molar-refractivity contribution in [3.8, 4) is 0 Å². The first-order valence-corrected chi connectivity index (χ1v) is 5.42. The van der Waals surface area contributed by atoms with Gasteiger partial charge >= 0.3 is 0 Å². The highest BCUT2D eigenvalue weighted by Gasteiger charge is 1.59. The summed E-state index contributed by atoms with van der Waals surface area (Å²) in [4.78, 5) is 9.46. The second-order valence-corrected chi connectivity index (χ2v) is 3.20. The molecule has 0 amide bonds. The van der Waals surface area contributed by atoms with Crippen LogP contribution in [-0.4, -0.2) is 15.0 Å². The summed E-state index contributed by atoms with van der Waals surface area (Å²) in [6.07, 6.45) is 9.27. The van der Waals surface area contributed by atoms with E-state index >= 15 is 0 Å². The van der Waals surface area contributed by atoms with Crippen LogP contribution in [0.3, 0.4) is 0 Å². The summed E-state index contributed by atoms with van der Waals surface area (Å²) >= 11 is 1.60. The Morgan fingerprint density at radius 1 is 0.800 bits per heavy atom. The SMILES string of the molecule is c1cc[nH]c1.c1cc[nH]c1.c1cscn1. The van der Waals surface area contributed by atoms with E-state index in [1.165, 1.54) is 0 Å². The Kier molecular flexibility index (Phi) is 6.59. The molecular weight excluding hydrogens is 206 g/mol. The molecule has 0 saturated heterocycles. The summed E-state index contributed by atoms with van der Waals surface area (Å²) in [5, 5.41) is 1.93. The lowest BCUT2D eigenvalue weighted by atomic mass is 10.7. The molecule has 0 aliphatic carbocycles. The maximum atomic E-state index is 3.74. The minimum Gasteiger partial charge on any atom is -0.368 e. The third kappa shape index (κ3) is 7.28. The van der Waals surface area contributed by atoms with Crippen molar-refractivity contribution in [3.63, 3.8) is 0 Å². The lowest BCUT2D eigenvalue weighted by molar-refractivity contribution is 1.41. The predicted molar refractivity (Wildman–Crippen MR) is 63.7 cm³/mol. The van der Waals surface area contributed by atoms with Crippen LogP contribution >= 0.6 is 11.3 Å². The highest BCUT2D eigenvalue weighted by Crippen LogP contribution is 1.85. The summed E-state index contributed by atoms with van der Waals surface area (Å²) in [7, 11) is 0. The first kappa shape index (κ1) is 11.3. The lowest BCUT2D eigenvalue weighted by Gasteiger charge is -1.49. The molecule has 4 heteroatoms. The Bertz CT molecular complexity index is 248. The second-order valence-electron chi connectivity index (χ2n) is 2.45. The van der Waals surface area contributed by atoms with Gasteiger partial charge in [-0.2, -0.15) is 0 Å². The molecule has 0 aromatic carbocycles. The molecular formula is C11H13N3S. The van der Waals surface area contributed by atoms with Crippen LogP contribution in [0.1, 0.15) is 0 Å². The summed E-state index contributed by atoms with van der Waals surface area (Å²) in [6.45, 7) is 0. The zero-order valence-corrected chi connectivity index (χ0v) is 9.02. The zero-order valence-electron chi connectivity index (χ0n) is 8.21. The number of aromatic amines is 2. The molecule has 0 spiro atoms. The average molecular weight is 219 g/mol. The lowest BCUT2D eigenvalue weighted by Crippen LogP contribution is -1.38. The third-order valence-corrected chi connectivity index (χ3v) is 1.86. The Labute approximate surface area is 92.8 Å². The molecule has 3 aromatic heterocycles. The number of nitrogens with zero attached hydrogens (tertiary/aromatic N) is 1. The predicted octanol–water partition coefficient (Wildman–Crippen LogP) is 3.17. The number of hydrogen-bond donors (Lipinski definition) is 2. The van der Waals surface area contributed by atoms with Crippen LogP contribution in [0.5, 0.6) is 0 Å². The van der Waals surface area contributed by atoms with Crippen molar-refractivity contribution in [2.75, 3.05) is 0 Å². The van der Waals surface area contributed by atoms with E-state index < -0.39 is 0 Å². The van der Waals surface area contributed by atoms with Gasteiger partial charge in [-0.05, 0) is 24.3 Å². The van der Waals surface area contributed by atoms with Crippen LogP contribution in [0.15, 0.2) is 66.1 Å². The van der Waals surface area contributed by atoms with E-state index in [0.29, 0.717) is 0 Å². The van der Waals surface area contributed by atoms with Crippen molar-refractivity contribution in [1.82, 2.24) is 15.0 Å². The van der Waals surface area contributed by atoms with Crippen LogP contribution in [0.4, 0.5) is 0 Å².